The summed E-state index contributed by atoms with van der Waals surface area (Å²) in [6.45, 7) is 5.62. The fraction of sp³-hybridized carbons (Fsp3) is 0.909. The normalized spacial score (nSPS) is 19.5. The van der Waals surface area contributed by atoms with Crippen molar-refractivity contribution in [1.29, 1.82) is 5.41 Å². The zero-order valence-electron chi connectivity index (χ0n) is 8.97. The molecule has 0 bridgehead atoms. The molecule has 2 heteroatoms. The van der Waals surface area contributed by atoms with E-state index in [1.165, 1.54) is 32.1 Å². The molecule has 1 aliphatic rings. The van der Waals surface area contributed by atoms with E-state index in [4.69, 9.17) is 5.41 Å². The second kappa shape index (κ2) is 5.25. The molecule has 1 unspecified atom stereocenters. The van der Waals surface area contributed by atoms with Crippen molar-refractivity contribution in [2.45, 2.75) is 58.4 Å². The van der Waals surface area contributed by atoms with Gasteiger partial charge in [0.15, 0.2) is 0 Å². The van der Waals surface area contributed by atoms with Gasteiger partial charge in [-0.2, -0.15) is 0 Å². The maximum atomic E-state index is 7.74. The third kappa shape index (κ3) is 3.02. The van der Waals surface area contributed by atoms with Crippen LogP contribution >= 0.6 is 0 Å². The average Bonchev–Trinajstić information content (AvgIpc) is 2.52. The highest BCUT2D eigenvalue weighted by Gasteiger charge is 2.21. The van der Waals surface area contributed by atoms with Gasteiger partial charge in [0.05, 0.1) is 5.84 Å². The number of rotatable bonds is 5. The maximum absolute atomic E-state index is 7.74. The smallest absolute Gasteiger partial charge is 0.0960 e. The molecule has 1 saturated heterocycles. The van der Waals surface area contributed by atoms with E-state index in [-0.39, 0.29) is 0 Å². The lowest BCUT2D eigenvalue weighted by molar-refractivity contribution is 0.327. The Bertz CT molecular complexity index is 165. The van der Waals surface area contributed by atoms with Gasteiger partial charge in [-0.05, 0) is 19.8 Å². The Balaban J connectivity index is 2.22. The summed E-state index contributed by atoms with van der Waals surface area (Å²) in [4.78, 5) is 2.27. The number of unbranched alkanes of at least 4 members (excludes halogenated alkanes) is 2. The van der Waals surface area contributed by atoms with Gasteiger partial charge in [0.2, 0.25) is 0 Å². The van der Waals surface area contributed by atoms with E-state index >= 15 is 0 Å². The van der Waals surface area contributed by atoms with Crippen LogP contribution in [0, 0.1) is 5.41 Å². The van der Waals surface area contributed by atoms with Crippen LogP contribution in [0.25, 0.3) is 0 Å². The summed E-state index contributed by atoms with van der Waals surface area (Å²) < 4.78 is 0. The highest BCUT2D eigenvalue weighted by Crippen LogP contribution is 2.17. The SMILES string of the molecule is CCCCCC(C)N1CCCC1=N. The van der Waals surface area contributed by atoms with E-state index in [0.717, 1.165) is 18.8 Å². The molecule has 0 spiro atoms. The van der Waals surface area contributed by atoms with Crippen LogP contribution in [0.4, 0.5) is 0 Å². The van der Waals surface area contributed by atoms with Crippen LogP contribution in [0.2, 0.25) is 0 Å². The van der Waals surface area contributed by atoms with Crippen molar-refractivity contribution in [2.24, 2.45) is 0 Å². The molecule has 0 amide bonds. The molecule has 1 aliphatic heterocycles. The first-order valence-electron chi connectivity index (χ1n) is 5.59. The molecule has 76 valence electrons. The summed E-state index contributed by atoms with van der Waals surface area (Å²) in [5.74, 6) is 0.865. The number of hydrogen-bond donors (Lipinski definition) is 1. The molecule has 0 aromatic rings. The van der Waals surface area contributed by atoms with Crippen molar-refractivity contribution >= 4 is 5.84 Å². The Morgan fingerprint density at radius 3 is 2.77 bits per heavy atom. The van der Waals surface area contributed by atoms with Crippen molar-refractivity contribution in [3.8, 4) is 0 Å². The van der Waals surface area contributed by atoms with E-state index in [1.54, 1.807) is 0 Å². The molecule has 0 radical (unpaired) electrons. The van der Waals surface area contributed by atoms with Gasteiger partial charge in [0.25, 0.3) is 0 Å². The first-order chi connectivity index (χ1) is 6.25. The molecule has 0 aromatic heterocycles. The zero-order valence-corrected chi connectivity index (χ0v) is 8.97. The van der Waals surface area contributed by atoms with E-state index in [0.29, 0.717) is 6.04 Å². The third-order valence-electron chi connectivity index (χ3n) is 2.92. The Hall–Kier alpha value is -0.530. The lowest BCUT2D eigenvalue weighted by atomic mass is 10.1. The summed E-state index contributed by atoms with van der Waals surface area (Å²) in [6, 6.07) is 0.599. The molecular weight excluding hydrogens is 160 g/mol. The fourth-order valence-electron chi connectivity index (χ4n) is 2.03. The topological polar surface area (TPSA) is 27.1 Å². The lowest BCUT2D eigenvalue weighted by Gasteiger charge is -2.25. The molecule has 1 fully saturated rings. The summed E-state index contributed by atoms with van der Waals surface area (Å²) in [5, 5.41) is 7.74. The van der Waals surface area contributed by atoms with E-state index in [2.05, 4.69) is 18.7 Å². The van der Waals surface area contributed by atoms with Gasteiger partial charge in [0.1, 0.15) is 0 Å². The van der Waals surface area contributed by atoms with Crippen molar-refractivity contribution in [2.75, 3.05) is 6.54 Å². The summed E-state index contributed by atoms with van der Waals surface area (Å²) in [6.07, 6.45) is 7.41. The third-order valence-corrected chi connectivity index (χ3v) is 2.92. The molecule has 1 rings (SSSR count). The van der Waals surface area contributed by atoms with Crippen molar-refractivity contribution in [3.63, 3.8) is 0 Å². The molecule has 0 aliphatic carbocycles. The zero-order chi connectivity index (χ0) is 9.68. The van der Waals surface area contributed by atoms with Gasteiger partial charge in [0, 0.05) is 19.0 Å². The molecule has 1 heterocycles. The van der Waals surface area contributed by atoms with E-state index < -0.39 is 0 Å². The van der Waals surface area contributed by atoms with Crippen LogP contribution in [-0.4, -0.2) is 23.3 Å². The average molecular weight is 182 g/mol. The van der Waals surface area contributed by atoms with Crippen LogP contribution < -0.4 is 0 Å². The Morgan fingerprint density at radius 2 is 2.23 bits per heavy atom. The molecule has 0 saturated carbocycles. The number of likely N-dealkylation sites (tertiary alicyclic amines) is 1. The Labute approximate surface area is 81.8 Å². The predicted molar refractivity (Wildman–Crippen MR) is 57.3 cm³/mol. The predicted octanol–water partition coefficient (Wildman–Crippen LogP) is 3.03. The molecular formula is C11H22N2. The van der Waals surface area contributed by atoms with Crippen LogP contribution in [-0.2, 0) is 0 Å². The Kier molecular flexibility index (Phi) is 4.26. The number of hydrogen-bond acceptors (Lipinski definition) is 1. The van der Waals surface area contributed by atoms with Crippen molar-refractivity contribution in [3.05, 3.63) is 0 Å². The second-order valence-electron chi connectivity index (χ2n) is 4.09. The first-order valence-corrected chi connectivity index (χ1v) is 5.59. The minimum Gasteiger partial charge on any atom is -0.358 e. The molecule has 0 aromatic carbocycles. The largest absolute Gasteiger partial charge is 0.358 e. The van der Waals surface area contributed by atoms with Crippen molar-refractivity contribution < 1.29 is 0 Å². The van der Waals surface area contributed by atoms with Gasteiger partial charge in [-0.15, -0.1) is 0 Å². The van der Waals surface area contributed by atoms with Gasteiger partial charge < -0.3 is 4.90 Å². The van der Waals surface area contributed by atoms with Gasteiger partial charge >= 0.3 is 0 Å². The summed E-state index contributed by atoms with van der Waals surface area (Å²) in [5.41, 5.74) is 0. The standard InChI is InChI=1S/C11H22N2/c1-3-4-5-7-10(2)13-9-6-8-11(13)12/h10,12H,3-9H2,1-2H3. The number of amidine groups is 1. The van der Waals surface area contributed by atoms with Gasteiger partial charge in [-0.25, -0.2) is 0 Å². The minimum absolute atomic E-state index is 0.599. The van der Waals surface area contributed by atoms with Gasteiger partial charge in [-0.1, -0.05) is 26.2 Å². The van der Waals surface area contributed by atoms with Crippen LogP contribution in [0.15, 0.2) is 0 Å². The van der Waals surface area contributed by atoms with Crippen LogP contribution in [0.1, 0.15) is 52.4 Å². The fourth-order valence-corrected chi connectivity index (χ4v) is 2.03. The second-order valence-corrected chi connectivity index (χ2v) is 4.09. The van der Waals surface area contributed by atoms with E-state index in [1.807, 2.05) is 0 Å². The van der Waals surface area contributed by atoms with Crippen LogP contribution in [0.5, 0.6) is 0 Å². The lowest BCUT2D eigenvalue weighted by Crippen LogP contribution is -2.33. The highest BCUT2D eigenvalue weighted by atomic mass is 15.2. The monoisotopic (exact) mass is 182 g/mol. The van der Waals surface area contributed by atoms with E-state index in [9.17, 15) is 0 Å². The molecule has 1 atom stereocenters. The minimum atomic E-state index is 0.599. The summed E-state index contributed by atoms with van der Waals surface area (Å²) >= 11 is 0. The summed E-state index contributed by atoms with van der Waals surface area (Å²) in [7, 11) is 0. The van der Waals surface area contributed by atoms with Gasteiger partial charge in [-0.3, -0.25) is 5.41 Å². The first kappa shape index (κ1) is 10.6. The van der Waals surface area contributed by atoms with Crippen molar-refractivity contribution in [1.82, 2.24) is 4.90 Å². The highest BCUT2D eigenvalue weighted by molar-refractivity contribution is 5.81. The maximum Gasteiger partial charge on any atom is 0.0960 e. The number of nitrogens with zero attached hydrogens (tertiary/aromatic N) is 1. The molecule has 1 N–H and O–H groups in total. The molecule has 13 heavy (non-hydrogen) atoms. The number of nitrogens with one attached hydrogen (secondary N) is 1. The Morgan fingerprint density at radius 1 is 1.46 bits per heavy atom. The quantitative estimate of drug-likeness (QED) is 0.650. The van der Waals surface area contributed by atoms with Crippen LogP contribution in [0.3, 0.4) is 0 Å². The molecule has 2 nitrogen and oxygen atoms in total.